The summed E-state index contributed by atoms with van der Waals surface area (Å²) in [4.78, 5) is 23.4. The molecule has 0 saturated carbocycles. The molecule has 0 aromatic heterocycles. The van der Waals surface area contributed by atoms with Gasteiger partial charge in [0.25, 0.3) is 5.91 Å². The Morgan fingerprint density at radius 3 is 1.96 bits per heavy atom. The maximum Gasteiger partial charge on any atom is 0.251 e. The van der Waals surface area contributed by atoms with Gasteiger partial charge in [-0.2, -0.15) is 0 Å². The molecule has 0 fully saturated rings. The van der Waals surface area contributed by atoms with Crippen LogP contribution in [-0.2, 0) is 9.53 Å². The fourth-order valence-corrected chi connectivity index (χ4v) is 1.87. The zero-order valence-electron chi connectivity index (χ0n) is 13.7. The molecule has 2 N–H and O–H groups in total. The Hall–Kier alpha value is -2.48. The van der Waals surface area contributed by atoms with Gasteiger partial charge in [-0.25, -0.2) is 0 Å². The fourth-order valence-electron chi connectivity index (χ4n) is 1.87. The van der Waals surface area contributed by atoms with Crippen LogP contribution in [-0.4, -0.2) is 59.9 Å². The van der Waals surface area contributed by atoms with Gasteiger partial charge in [0.2, 0.25) is 11.7 Å². The molecule has 0 radical (unpaired) electrons. The van der Waals surface area contributed by atoms with Crippen molar-refractivity contribution in [1.29, 1.82) is 0 Å². The summed E-state index contributed by atoms with van der Waals surface area (Å²) in [5, 5.41) is 5.30. The van der Waals surface area contributed by atoms with Gasteiger partial charge >= 0.3 is 0 Å². The fraction of sp³-hybridized carbons (Fsp3) is 0.467. The largest absolute Gasteiger partial charge is 0.493 e. The van der Waals surface area contributed by atoms with Gasteiger partial charge in [-0.15, -0.1) is 0 Å². The predicted octanol–water partition coefficient (Wildman–Crippen LogP) is 0.205. The Bertz CT molecular complexity index is 522. The molecule has 0 aliphatic carbocycles. The van der Waals surface area contributed by atoms with Crippen LogP contribution in [0.25, 0.3) is 0 Å². The summed E-state index contributed by atoms with van der Waals surface area (Å²) in [7, 11) is 5.88. The van der Waals surface area contributed by atoms with Crippen LogP contribution in [0, 0.1) is 0 Å². The molecule has 0 spiro atoms. The van der Waals surface area contributed by atoms with E-state index in [2.05, 4.69) is 15.4 Å². The number of carbonyl (C=O) groups is 2. The van der Waals surface area contributed by atoms with Crippen LogP contribution in [0.15, 0.2) is 12.1 Å². The number of amides is 2. The monoisotopic (exact) mass is 326 g/mol. The van der Waals surface area contributed by atoms with Crippen molar-refractivity contribution in [3.8, 4) is 17.2 Å². The molecule has 1 rings (SSSR count). The lowest BCUT2D eigenvalue weighted by Crippen LogP contribution is -2.36. The van der Waals surface area contributed by atoms with E-state index in [0.29, 0.717) is 29.4 Å². The minimum absolute atomic E-state index is 0.0131. The van der Waals surface area contributed by atoms with E-state index in [1.54, 1.807) is 12.1 Å². The molecular formula is C15H22N2O6. The van der Waals surface area contributed by atoms with Crippen molar-refractivity contribution in [2.24, 2.45) is 0 Å². The van der Waals surface area contributed by atoms with Crippen LogP contribution in [0.5, 0.6) is 17.2 Å². The molecule has 0 aliphatic heterocycles. The van der Waals surface area contributed by atoms with E-state index >= 15 is 0 Å². The van der Waals surface area contributed by atoms with Crippen LogP contribution in [0.1, 0.15) is 10.4 Å². The molecule has 0 unspecified atom stereocenters. The normalized spacial score (nSPS) is 9.91. The zero-order valence-corrected chi connectivity index (χ0v) is 13.7. The highest BCUT2D eigenvalue weighted by Gasteiger charge is 2.16. The van der Waals surface area contributed by atoms with Gasteiger partial charge in [0.1, 0.15) is 6.61 Å². The number of nitrogens with one attached hydrogen (secondary N) is 2. The van der Waals surface area contributed by atoms with E-state index in [1.807, 2.05) is 0 Å². The molecule has 1 aromatic carbocycles. The summed E-state index contributed by atoms with van der Waals surface area (Å²) in [6, 6.07) is 3.11. The number of rotatable bonds is 9. The lowest BCUT2D eigenvalue weighted by molar-refractivity contribution is -0.124. The van der Waals surface area contributed by atoms with E-state index in [-0.39, 0.29) is 25.0 Å². The topological polar surface area (TPSA) is 95.1 Å². The molecule has 0 saturated heterocycles. The molecule has 0 bridgehead atoms. The predicted molar refractivity (Wildman–Crippen MR) is 83.3 cm³/mol. The second-order valence-corrected chi connectivity index (χ2v) is 4.45. The highest BCUT2D eigenvalue weighted by Crippen LogP contribution is 2.38. The molecule has 0 aliphatic rings. The van der Waals surface area contributed by atoms with Gasteiger partial charge < -0.3 is 29.6 Å². The maximum absolute atomic E-state index is 12.2. The minimum atomic E-state index is -0.315. The lowest BCUT2D eigenvalue weighted by atomic mass is 10.1. The first kappa shape index (κ1) is 18.6. The molecule has 0 heterocycles. The van der Waals surface area contributed by atoms with Crippen molar-refractivity contribution in [3.05, 3.63) is 17.7 Å². The number of carbonyl (C=O) groups excluding carboxylic acids is 2. The second kappa shape index (κ2) is 9.52. The third-order valence-electron chi connectivity index (χ3n) is 2.94. The Morgan fingerprint density at radius 1 is 0.913 bits per heavy atom. The molecular weight excluding hydrogens is 304 g/mol. The van der Waals surface area contributed by atoms with Crippen molar-refractivity contribution < 1.29 is 28.5 Å². The summed E-state index contributed by atoms with van der Waals surface area (Å²) in [6.07, 6.45) is 0. The van der Waals surface area contributed by atoms with Crippen molar-refractivity contribution in [3.63, 3.8) is 0 Å². The molecule has 8 heteroatoms. The van der Waals surface area contributed by atoms with Crippen molar-refractivity contribution in [2.45, 2.75) is 0 Å². The maximum atomic E-state index is 12.2. The van der Waals surface area contributed by atoms with Crippen LogP contribution in [0.2, 0.25) is 0 Å². The highest BCUT2D eigenvalue weighted by molar-refractivity contribution is 5.95. The number of ether oxygens (including phenoxy) is 4. The quantitative estimate of drug-likeness (QED) is 0.630. The Morgan fingerprint density at radius 2 is 1.48 bits per heavy atom. The van der Waals surface area contributed by atoms with E-state index in [1.165, 1.54) is 28.4 Å². The number of hydrogen-bond acceptors (Lipinski definition) is 6. The van der Waals surface area contributed by atoms with Crippen molar-refractivity contribution in [2.75, 3.05) is 48.1 Å². The first-order chi connectivity index (χ1) is 11.1. The van der Waals surface area contributed by atoms with Crippen LogP contribution >= 0.6 is 0 Å². The van der Waals surface area contributed by atoms with Crippen LogP contribution < -0.4 is 24.8 Å². The third kappa shape index (κ3) is 5.33. The van der Waals surface area contributed by atoms with Gasteiger partial charge in [0.05, 0.1) is 21.3 Å². The molecule has 1 aromatic rings. The molecule has 0 atom stereocenters. The number of hydrogen-bond donors (Lipinski definition) is 2. The van der Waals surface area contributed by atoms with E-state index in [9.17, 15) is 9.59 Å². The Labute approximate surface area is 135 Å². The lowest BCUT2D eigenvalue weighted by Gasteiger charge is -2.14. The van der Waals surface area contributed by atoms with E-state index in [0.717, 1.165) is 0 Å². The third-order valence-corrected chi connectivity index (χ3v) is 2.94. The van der Waals surface area contributed by atoms with Gasteiger partial charge in [0, 0.05) is 25.8 Å². The highest BCUT2D eigenvalue weighted by atomic mass is 16.5. The Kier molecular flexibility index (Phi) is 7.69. The van der Waals surface area contributed by atoms with Gasteiger partial charge in [0.15, 0.2) is 11.5 Å². The first-order valence-electron chi connectivity index (χ1n) is 6.91. The van der Waals surface area contributed by atoms with E-state index in [4.69, 9.17) is 14.2 Å². The average molecular weight is 326 g/mol. The van der Waals surface area contributed by atoms with Crippen LogP contribution in [0.3, 0.4) is 0 Å². The molecule has 128 valence electrons. The van der Waals surface area contributed by atoms with Gasteiger partial charge in [-0.1, -0.05) is 0 Å². The summed E-state index contributed by atoms with van der Waals surface area (Å²) in [6.45, 7) is 0.574. The Balaban J connectivity index is 2.67. The SMILES string of the molecule is COCC(=O)NCCNC(=O)c1cc(OC)c(OC)c(OC)c1. The summed E-state index contributed by atoms with van der Waals surface area (Å²) >= 11 is 0. The zero-order chi connectivity index (χ0) is 17.2. The van der Waals surface area contributed by atoms with Crippen molar-refractivity contribution >= 4 is 11.8 Å². The molecule has 8 nitrogen and oxygen atoms in total. The standard InChI is InChI=1S/C15H22N2O6/c1-20-9-13(18)16-5-6-17-15(19)10-7-11(21-2)14(23-4)12(8-10)22-3/h7-8H,5-6,9H2,1-4H3,(H,16,18)(H,17,19). The number of benzene rings is 1. The minimum Gasteiger partial charge on any atom is -0.493 e. The van der Waals surface area contributed by atoms with Crippen LogP contribution in [0.4, 0.5) is 0 Å². The smallest absolute Gasteiger partial charge is 0.251 e. The van der Waals surface area contributed by atoms with Crippen molar-refractivity contribution in [1.82, 2.24) is 10.6 Å². The number of methoxy groups -OCH3 is 4. The van der Waals surface area contributed by atoms with E-state index < -0.39 is 0 Å². The summed E-state index contributed by atoms with van der Waals surface area (Å²) in [5.74, 6) is 0.647. The average Bonchev–Trinajstić information content (AvgIpc) is 2.57. The molecule has 23 heavy (non-hydrogen) atoms. The first-order valence-corrected chi connectivity index (χ1v) is 6.91. The summed E-state index contributed by atoms with van der Waals surface area (Å²) < 4.78 is 20.3. The second-order valence-electron chi connectivity index (χ2n) is 4.45. The van der Waals surface area contributed by atoms with Gasteiger partial charge in [-0.05, 0) is 12.1 Å². The molecule has 2 amide bonds. The summed E-state index contributed by atoms with van der Waals surface area (Å²) in [5.41, 5.74) is 0.364. The van der Waals surface area contributed by atoms with Gasteiger partial charge in [-0.3, -0.25) is 9.59 Å².